The van der Waals surface area contributed by atoms with E-state index in [0.717, 1.165) is 73.5 Å². The molecule has 0 bridgehead atoms. The van der Waals surface area contributed by atoms with Crippen LogP contribution < -0.4 is 14.2 Å². The van der Waals surface area contributed by atoms with Gasteiger partial charge in [-0.3, -0.25) is 9.80 Å². The molecule has 164 valence electrons. The lowest BCUT2D eigenvalue weighted by atomic mass is 10.1. The summed E-state index contributed by atoms with van der Waals surface area (Å²) in [5.74, 6) is 3.26. The van der Waals surface area contributed by atoms with Crippen LogP contribution in [0.1, 0.15) is 11.3 Å². The largest absolute Gasteiger partial charge is 0.497 e. The fourth-order valence-corrected chi connectivity index (χ4v) is 3.85. The van der Waals surface area contributed by atoms with E-state index >= 15 is 0 Å². The van der Waals surface area contributed by atoms with Gasteiger partial charge in [-0.25, -0.2) is 0 Å². The van der Waals surface area contributed by atoms with E-state index in [2.05, 4.69) is 27.1 Å². The summed E-state index contributed by atoms with van der Waals surface area (Å²) in [4.78, 5) is 4.87. The molecule has 7 nitrogen and oxygen atoms in total. The molecule has 0 unspecified atom stereocenters. The van der Waals surface area contributed by atoms with Crippen LogP contribution in [0.5, 0.6) is 17.2 Å². The van der Waals surface area contributed by atoms with Gasteiger partial charge in [0.25, 0.3) is 0 Å². The number of hydrogen-bond acceptors (Lipinski definition) is 7. The first kappa shape index (κ1) is 21.2. The zero-order valence-electron chi connectivity index (χ0n) is 18.3. The standard InChI is InChI=1S/C24H29N3O4/c1-28-20-7-5-19(6-8-20)22-15-21(31-25-22)17-27-12-10-26(11-13-27)16-18-4-9-23(29-2)24(14-18)30-3/h4-9,14-15H,10-13,16-17H2,1-3H3. The number of aromatic nitrogens is 1. The van der Waals surface area contributed by atoms with E-state index in [0.29, 0.717) is 0 Å². The molecule has 0 amide bonds. The maximum Gasteiger partial charge on any atom is 0.161 e. The molecule has 2 heterocycles. The quantitative estimate of drug-likeness (QED) is 0.548. The molecule has 0 radical (unpaired) electrons. The Hall–Kier alpha value is -3.03. The highest BCUT2D eigenvalue weighted by atomic mass is 16.5. The molecule has 0 spiro atoms. The second-order valence-electron chi connectivity index (χ2n) is 7.65. The summed E-state index contributed by atoms with van der Waals surface area (Å²) >= 11 is 0. The molecule has 7 heteroatoms. The highest BCUT2D eigenvalue weighted by Gasteiger charge is 2.19. The van der Waals surface area contributed by atoms with Gasteiger partial charge in [0, 0.05) is 44.4 Å². The monoisotopic (exact) mass is 423 g/mol. The summed E-state index contributed by atoms with van der Waals surface area (Å²) in [5.41, 5.74) is 3.10. The van der Waals surface area contributed by atoms with Gasteiger partial charge in [0.1, 0.15) is 11.4 Å². The molecule has 1 saturated heterocycles. The molecular weight excluding hydrogens is 394 g/mol. The zero-order valence-corrected chi connectivity index (χ0v) is 18.3. The summed E-state index contributed by atoms with van der Waals surface area (Å²) in [6, 6.07) is 16.0. The highest BCUT2D eigenvalue weighted by molar-refractivity contribution is 5.59. The van der Waals surface area contributed by atoms with Gasteiger partial charge in [-0.15, -0.1) is 0 Å². The van der Waals surface area contributed by atoms with E-state index in [-0.39, 0.29) is 0 Å². The Kier molecular flexibility index (Phi) is 6.74. The van der Waals surface area contributed by atoms with Crippen LogP contribution in [-0.2, 0) is 13.1 Å². The van der Waals surface area contributed by atoms with Crippen LogP contribution in [0.2, 0.25) is 0 Å². The Morgan fingerprint density at radius 1 is 0.774 bits per heavy atom. The van der Waals surface area contributed by atoms with Crippen molar-refractivity contribution in [2.75, 3.05) is 47.5 Å². The molecule has 0 aliphatic carbocycles. The molecule has 1 aliphatic rings. The number of hydrogen-bond donors (Lipinski definition) is 0. The van der Waals surface area contributed by atoms with Crippen LogP contribution in [0.3, 0.4) is 0 Å². The molecule has 0 N–H and O–H groups in total. The summed E-state index contributed by atoms with van der Waals surface area (Å²) in [5, 5.41) is 4.23. The first-order valence-electron chi connectivity index (χ1n) is 10.4. The third-order valence-corrected chi connectivity index (χ3v) is 5.64. The lowest BCUT2D eigenvalue weighted by Gasteiger charge is -2.34. The maximum absolute atomic E-state index is 5.59. The second kappa shape index (κ2) is 9.85. The summed E-state index contributed by atoms with van der Waals surface area (Å²) in [6.45, 7) is 5.67. The van der Waals surface area contributed by atoms with Gasteiger partial charge in [0.2, 0.25) is 0 Å². The number of nitrogens with zero attached hydrogens (tertiary/aromatic N) is 3. The van der Waals surface area contributed by atoms with Crippen LogP contribution in [-0.4, -0.2) is 62.5 Å². The fourth-order valence-electron chi connectivity index (χ4n) is 3.85. The van der Waals surface area contributed by atoms with Crippen molar-refractivity contribution in [2.24, 2.45) is 0 Å². The fraction of sp³-hybridized carbons (Fsp3) is 0.375. The van der Waals surface area contributed by atoms with E-state index in [1.165, 1.54) is 5.56 Å². The molecule has 4 rings (SSSR count). The SMILES string of the molecule is COc1ccc(-c2cc(CN3CCN(Cc4ccc(OC)c(OC)c4)CC3)on2)cc1. The average molecular weight is 424 g/mol. The van der Waals surface area contributed by atoms with E-state index in [9.17, 15) is 0 Å². The molecule has 1 fully saturated rings. The minimum atomic E-state index is 0.761. The van der Waals surface area contributed by atoms with Crippen LogP contribution in [0.4, 0.5) is 0 Å². The normalized spacial score (nSPS) is 15.1. The van der Waals surface area contributed by atoms with E-state index in [4.69, 9.17) is 18.7 Å². The zero-order chi connectivity index (χ0) is 21.6. The minimum absolute atomic E-state index is 0.761. The molecule has 2 aromatic carbocycles. The number of methoxy groups -OCH3 is 3. The topological polar surface area (TPSA) is 60.2 Å². The van der Waals surface area contributed by atoms with E-state index in [1.54, 1.807) is 21.3 Å². The number of rotatable bonds is 8. The van der Waals surface area contributed by atoms with Gasteiger partial charge < -0.3 is 18.7 Å². The molecule has 31 heavy (non-hydrogen) atoms. The molecule has 1 aromatic heterocycles. The van der Waals surface area contributed by atoms with Gasteiger partial charge in [0.15, 0.2) is 17.3 Å². The first-order valence-corrected chi connectivity index (χ1v) is 10.4. The van der Waals surface area contributed by atoms with Gasteiger partial charge in [-0.2, -0.15) is 0 Å². The average Bonchev–Trinajstić information content (AvgIpc) is 3.28. The van der Waals surface area contributed by atoms with E-state index < -0.39 is 0 Å². The lowest BCUT2D eigenvalue weighted by molar-refractivity contribution is 0.113. The molecular formula is C24H29N3O4. The van der Waals surface area contributed by atoms with Crippen molar-refractivity contribution in [2.45, 2.75) is 13.1 Å². The lowest BCUT2D eigenvalue weighted by Crippen LogP contribution is -2.45. The number of benzene rings is 2. The number of ether oxygens (including phenoxy) is 3. The smallest absolute Gasteiger partial charge is 0.161 e. The summed E-state index contributed by atoms with van der Waals surface area (Å²) < 4.78 is 21.5. The van der Waals surface area contributed by atoms with Crippen LogP contribution >= 0.6 is 0 Å². The van der Waals surface area contributed by atoms with Crippen LogP contribution in [0.25, 0.3) is 11.3 Å². The first-order chi connectivity index (χ1) is 15.2. The van der Waals surface area contributed by atoms with Crippen LogP contribution in [0.15, 0.2) is 53.1 Å². The van der Waals surface area contributed by atoms with Crippen molar-refractivity contribution in [3.05, 3.63) is 59.9 Å². The van der Waals surface area contributed by atoms with Crippen molar-refractivity contribution >= 4 is 0 Å². The summed E-state index contributed by atoms with van der Waals surface area (Å²) in [6.07, 6.45) is 0. The molecule has 0 saturated carbocycles. The highest BCUT2D eigenvalue weighted by Crippen LogP contribution is 2.28. The van der Waals surface area contributed by atoms with Gasteiger partial charge in [0.05, 0.1) is 27.9 Å². The maximum atomic E-state index is 5.59. The predicted molar refractivity (Wildman–Crippen MR) is 119 cm³/mol. The molecule has 3 aromatic rings. The second-order valence-corrected chi connectivity index (χ2v) is 7.65. The van der Waals surface area contributed by atoms with Crippen molar-refractivity contribution in [3.8, 4) is 28.5 Å². The van der Waals surface area contributed by atoms with Crippen molar-refractivity contribution in [3.63, 3.8) is 0 Å². The summed E-state index contributed by atoms with van der Waals surface area (Å²) in [7, 11) is 4.99. The molecule has 0 atom stereocenters. The molecule has 1 aliphatic heterocycles. The van der Waals surface area contributed by atoms with Gasteiger partial charge in [-0.1, -0.05) is 11.2 Å². The Morgan fingerprint density at radius 3 is 2.10 bits per heavy atom. The third-order valence-electron chi connectivity index (χ3n) is 5.64. The van der Waals surface area contributed by atoms with Crippen molar-refractivity contribution < 1.29 is 18.7 Å². The van der Waals surface area contributed by atoms with Crippen molar-refractivity contribution in [1.82, 2.24) is 15.0 Å². The van der Waals surface area contributed by atoms with Crippen molar-refractivity contribution in [1.29, 1.82) is 0 Å². The van der Waals surface area contributed by atoms with Crippen LogP contribution in [0, 0.1) is 0 Å². The Morgan fingerprint density at radius 2 is 1.45 bits per heavy atom. The van der Waals surface area contributed by atoms with E-state index in [1.807, 2.05) is 36.4 Å². The Balaban J connectivity index is 1.29. The predicted octanol–water partition coefficient (Wildman–Crippen LogP) is 3.69. The Labute approximate surface area is 183 Å². The minimum Gasteiger partial charge on any atom is -0.497 e. The van der Waals surface area contributed by atoms with Gasteiger partial charge in [-0.05, 0) is 42.0 Å². The van der Waals surface area contributed by atoms with Gasteiger partial charge >= 0.3 is 0 Å². The number of piperazine rings is 1. The Bertz CT molecular complexity index is 979. The third kappa shape index (κ3) is 5.18.